The van der Waals surface area contributed by atoms with Crippen LogP contribution in [-0.2, 0) is 11.2 Å². The van der Waals surface area contributed by atoms with Crippen LogP contribution < -0.4 is 11.0 Å². The maximum Gasteiger partial charge on any atom is 0.254 e. The molecule has 0 saturated heterocycles. The molecule has 2 N–H and O–H groups in total. The molecule has 3 rings (SSSR count). The van der Waals surface area contributed by atoms with Crippen molar-refractivity contribution in [2.24, 2.45) is 0 Å². The third-order valence-electron chi connectivity index (χ3n) is 3.69. The molecule has 24 heavy (non-hydrogen) atoms. The molecule has 0 radical (unpaired) electrons. The van der Waals surface area contributed by atoms with E-state index >= 15 is 0 Å². The second-order valence-corrected chi connectivity index (χ2v) is 6.07. The molecule has 7 nitrogen and oxygen atoms in total. The lowest BCUT2D eigenvalue weighted by Crippen LogP contribution is -2.24. The number of carbonyl (C=O) groups excluding carboxylic acids is 1. The van der Waals surface area contributed by atoms with Gasteiger partial charge in [-0.3, -0.25) is 15.0 Å². The Bertz CT molecular complexity index is 947. The van der Waals surface area contributed by atoms with E-state index in [4.69, 9.17) is 0 Å². The second kappa shape index (κ2) is 6.88. The number of hydrogen-bond acceptors (Lipinski definition) is 5. The monoisotopic (exact) mass is 343 g/mol. The molecule has 0 aliphatic rings. The van der Waals surface area contributed by atoms with Crippen LogP contribution in [0.4, 0.5) is 0 Å². The van der Waals surface area contributed by atoms with E-state index in [1.807, 2.05) is 30.5 Å². The van der Waals surface area contributed by atoms with Gasteiger partial charge in [0.15, 0.2) is 5.16 Å². The Hall–Kier alpha value is -2.61. The first-order valence-electron chi connectivity index (χ1n) is 7.44. The summed E-state index contributed by atoms with van der Waals surface area (Å²) in [7, 11) is 0. The number of nitrogens with zero attached hydrogens (tertiary/aromatic N) is 3. The molecule has 0 aliphatic heterocycles. The molecule has 0 aliphatic carbocycles. The van der Waals surface area contributed by atoms with Crippen LogP contribution in [-0.4, -0.2) is 31.8 Å². The number of rotatable bonds is 5. The van der Waals surface area contributed by atoms with E-state index in [9.17, 15) is 9.59 Å². The van der Waals surface area contributed by atoms with Gasteiger partial charge in [0.25, 0.3) is 5.56 Å². The van der Waals surface area contributed by atoms with Crippen molar-refractivity contribution in [2.75, 3.05) is 11.7 Å². The number of para-hydroxylation sites is 2. The van der Waals surface area contributed by atoms with Gasteiger partial charge >= 0.3 is 0 Å². The summed E-state index contributed by atoms with van der Waals surface area (Å²) < 4.78 is 1.59. The number of carbonyl (C=O) groups is 1. The Kier molecular flexibility index (Phi) is 4.66. The highest BCUT2D eigenvalue weighted by molar-refractivity contribution is 7.98. The minimum Gasteiger partial charge on any atom is -0.301 e. The van der Waals surface area contributed by atoms with E-state index in [1.54, 1.807) is 17.9 Å². The van der Waals surface area contributed by atoms with Crippen LogP contribution in [0.2, 0.25) is 0 Å². The summed E-state index contributed by atoms with van der Waals surface area (Å²) in [6, 6.07) is 7.53. The van der Waals surface area contributed by atoms with Gasteiger partial charge in [-0.15, -0.1) is 0 Å². The standard InChI is InChI=1S/C16H17N5O2S/c1-10-11(15(23)19-16(18-10)24-2)7-8-14(22)20-21-9-17-12-5-3-4-6-13(12)21/h3-6,9H,7-8H2,1-2H3,(H,20,22)(H,18,19,23). The molecule has 0 spiro atoms. The number of aryl methyl sites for hydroxylation is 1. The normalized spacial score (nSPS) is 10.9. The quantitative estimate of drug-likeness (QED) is 0.545. The van der Waals surface area contributed by atoms with Crippen molar-refractivity contribution < 1.29 is 4.79 Å². The highest BCUT2D eigenvalue weighted by atomic mass is 32.2. The zero-order chi connectivity index (χ0) is 17.1. The van der Waals surface area contributed by atoms with Crippen LogP contribution in [0.3, 0.4) is 0 Å². The SMILES string of the molecule is CSc1nc(C)c(CCC(=O)Nn2cnc3ccccc32)c(=O)[nH]1. The van der Waals surface area contributed by atoms with E-state index < -0.39 is 0 Å². The van der Waals surface area contributed by atoms with E-state index in [0.29, 0.717) is 22.8 Å². The lowest BCUT2D eigenvalue weighted by atomic mass is 10.1. The first-order chi connectivity index (χ1) is 11.6. The Morgan fingerprint density at radius 1 is 1.38 bits per heavy atom. The number of fused-ring (bicyclic) bond motifs is 1. The molecule has 1 amide bonds. The minimum atomic E-state index is -0.189. The summed E-state index contributed by atoms with van der Waals surface area (Å²) >= 11 is 1.38. The van der Waals surface area contributed by atoms with Crippen LogP contribution in [0.15, 0.2) is 40.5 Å². The highest BCUT2D eigenvalue weighted by Crippen LogP contribution is 2.11. The smallest absolute Gasteiger partial charge is 0.254 e. The molecule has 124 valence electrons. The Morgan fingerprint density at radius 3 is 2.92 bits per heavy atom. The number of H-pyrrole nitrogens is 1. The molecule has 0 atom stereocenters. The summed E-state index contributed by atoms with van der Waals surface area (Å²) in [6.45, 7) is 1.78. The Labute approximate surface area is 142 Å². The number of hydrogen-bond donors (Lipinski definition) is 2. The fourth-order valence-electron chi connectivity index (χ4n) is 2.45. The van der Waals surface area contributed by atoms with Gasteiger partial charge < -0.3 is 4.98 Å². The van der Waals surface area contributed by atoms with Crippen LogP contribution in [0.1, 0.15) is 17.7 Å². The molecular formula is C16H17N5O2S. The van der Waals surface area contributed by atoms with Crippen LogP contribution in [0.25, 0.3) is 11.0 Å². The van der Waals surface area contributed by atoms with Gasteiger partial charge in [0.05, 0.1) is 11.0 Å². The zero-order valence-electron chi connectivity index (χ0n) is 13.4. The Balaban J connectivity index is 1.69. The van der Waals surface area contributed by atoms with Gasteiger partial charge in [0.2, 0.25) is 5.91 Å². The fourth-order valence-corrected chi connectivity index (χ4v) is 2.88. The number of aromatic nitrogens is 4. The second-order valence-electron chi connectivity index (χ2n) is 5.28. The molecule has 1 aromatic carbocycles. The lowest BCUT2D eigenvalue weighted by molar-refractivity contribution is -0.117. The maximum absolute atomic E-state index is 12.2. The van der Waals surface area contributed by atoms with E-state index in [0.717, 1.165) is 11.0 Å². The summed E-state index contributed by atoms with van der Waals surface area (Å²) in [5.74, 6) is -0.189. The average Bonchev–Trinajstić information content (AvgIpc) is 2.97. The highest BCUT2D eigenvalue weighted by Gasteiger charge is 2.11. The van der Waals surface area contributed by atoms with Crippen molar-refractivity contribution in [1.82, 2.24) is 19.6 Å². The average molecular weight is 343 g/mol. The number of nitrogens with one attached hydrogen (secondary N) is 2. The number of aromatic amines is 1. The predicted molar refractivity (Wildman–Crippen MR) is 93.8 cm³/mol. The summed E-state index contributed by atoms with van der Waals surface area (Å²) in [6.07, 6.45) is 3.94. The van der Waals surface area contributed by atoms with Crippen LogP contribution >= 0.6 is 11.8 Å². The summed E-state index contributed by atoms with van der Waals surface area (Å²) in [5.41, 5.74) is 5.42. The van der Waals surface area contributed by atoms with Crippen molar-refractivity contribution in [3.63, 3.8) is 0 Å². The molecular weight excluding hydrogens is 326 g/mol. The first-order valence-corrected chi connectivity index (χ1v) is 8.66. The molecule has 0 unspecified atom stereocenters. The van der Waals surface area contributed by atoms with Crippen molar-refractivity contribution in [3.8, 4) is 0 Å². The summed E-state index contributed by atoms with van der Waals surface area (Å²) in [5, 5.41) is 0.579. The van der Waals surface area contributed by atoms with Crippen molar-refractivity contribution in [3.05, 3.63) is 52.2 Å². The summed E-state index contributed by atoms with van der Waals surface area (Å²) in [4.78, 5) is 35.5. The van der Waals surface area contributed by atoms with Gasteiger partial charge in [-0.05, 0) is 31.7 Å². The minimum absolute atomic E-state index is 0.187. The van der Waals surface area contributed by atoms with Gasteiger partial charge in [0, 0.05) is 17.7 Å². The lowest BCUT2D eigenvalue weighted by Gasteiger charge is -2.08. The largest absolute Gasteiger partial charge is 0.301 e. The van der Waals surface area contributed by atoms with E-state index in [2.05, 4.69) is 20.4 Å². The van der Waals surface area contributed by atoms with Gasteiger partial charge in [-0.2, -0.15) is 0 Å². The number of thioether (sulfide) groups is 1. The van der Waals surface area contributed by atoms with E-state index in [-0.39, 0.29) is 17.9 Å². The van der Waals surface area contributed by atoms with Gasteiger partial charge in [-0.25, -0.2) is 14.6 Å². The third kappa shape index (κ3) is 3.33. The number of amides is 1. The van der Waals surface area contributed by atoms with Crippen LogP contribution in [0, 0.1) is 6.92 Å². The molecule has 0 saturated carbocycles. The first kappa shape index (κ1) is 16.3. The number of benzene rings is 1. The van der Waals surface area contributed by atoms with Crippen molar-refractivity contribution >= 4 is 28.7 Å². The molecule has 0 bridgehead atoms. The van der Waals surface area contributed by atoms with Crippen molar-refractivity contribution in [2.45, 2.75) is 24.9 Å². The zero-order valence-corrected chi connectivity index (χ0v) is 14.2. The third-order valence-corrected chi connectivity index (χ3v) is 4.27. The van der Waals surface area contributed by atoms with Gasteiger partial charge in [0.1, 0.15) is 6.33 Å². The topological polar surface area (TPSA) is 92.7 Å². The molecule has 3 aromatic rings. The van der Waals surface area contributed by atoms with Gasteiger partial charge in [-0.1, -0.05) is 23.9 Å². The molecule has 2 heterocycles. The number of imidazole rings is 1. The van der Waals surface area contributed by atoms with Crippen LogP contribution in [0.5, 0.6) is 0 Å². The fraction of sp³-hybridized carbons (Fsp3) is 0.250. The molecule has 8 heteroatoms. The molecule has 0 fully saturated rings. The molecule has 2 aromatic heterocycles. The maximum atomic E-state index is 12.2. The van der Waals surface area contributed by atoms with Crippen molar-refractivity contribution in [1.29, 1.82) is 0 Å². The Morgan fingerprint density at radius 2 is 2.17 bits per heavy atom. The van der Waals surface area contributed by atoms with E-state index in [1.165, 1.54) is 11.8 Å². The predicted octanol–water partition coefficient (Wildman–Crippen LogP) is 1.85.